The van der Waals surface area contributed by atoms with Crippen LogP contribution in [0.15, 0.2) is 0 Å². The Balaban J connectivity index is -0.0000000400. The van der Waals surface area contributed by atoms with Gasteiger partial charge in [0.1, 0.15) is 0 Å². The van der Waals surface area contributed by atoms with Gasteiger partial charge in [-0.3, -0.25) is 13.7 Å². The molecule has 0 rings (SSSR count). The molecule has 0 aliphatic carbocycles. The van der Waals surface area contributed by atoms with Gasteiger partial charge in [-0.25, -0.2) is 0 Å². The van der Waals surface area contributed by atoms with E-state index in [4.69, 9.17) is 57.7 Å². The van der Waals surface area contributed by atoms with Crippen LogP contribution in [-0.4, -0.2) is 29.4 Å². The first-order valence-electron chi connectivity index (χ1n) is 2.30. The van der Waals surface area contributed by atoms with Gasteiger partial charge < -0.3 is 49.5 Å². The van der Waals surface area contributed by atoms with Gasteiger partial charge in [0.15, 0.2) is 0 Å². The Hall–Kier alpha value is 0.978. The van der Waals surface area contributed by atoms with Crippen LogP contribution in [0, 0.1) is 0 Å². The third kappa shape index (κ3) is 3980. The molecule has 0 saturated heterocycles. The number of phosphoric acid groups is 3. The van der Waals surface area contributed by atoms with Crippen LogP contribution in [0.25, 0.3) is 0 Å². The van der Waals surface area contributed by atoms with Crippen LogP contribution in [-0.2, 0) is 40.2 Å². The Kier molecular flexibility index (Phi) is 21.8. The zero-order valence-electron chi connectivity index (χ0n) is 7.29. The van der Waals surface area contributed by atoms with Crippen molar-refractivity contribution in [2.75, 3.05) is 0 Å². The third-order valence-corrected chi connectivity index (χ3v) is 0. The molecule has 0 aromatic carbocycles. The summed E-state index contributed by atoms with van der Waals surface area (Å²) in [4.78, 5) is 68.8. The molecule has 0 radical (unpaired) electrons. The summed E-state index contributed by atoms with van der Waals surface area (Å²) < 4.78 is 26.3. The van der Waals surface area contributed by atoms with Crippen molar-refractivity contribution in [2.24, 2.45) is 0 Å². The SMILES string of the molecule is O=P([O-])(O)O.O=P([O-])(O)O.O=P([O-])(O)O.[Mo].[O-2]. The predicted molar refractivity (Wildman–Crippen MR) is 36.8 cm³/mol. The second kappa shape index (κ2) is 12.0. The minimum Gasteiger partial charge on any atom is -2.00 e. The number of hydrogen-bond acceptors (Lipinski definition) is 6. The number of rotatable bonds is 0. The van der Waals surface area contributed by atoms with Crippen molar-refractivity contribution in [3.05, 3.63) is 0 Å². The molecule has 0 bridgehead atoms. The van der Waals surface area contributed by atoms with Gasteiger partial charge in [-0.2, -0.15) is 0 Å². The Morgan fingerprint density at radius 2 is 0.588 bits per heavy atom. The Labute approximate surface area is 108 Å². The summed E-state index contributed by atoms with van der Waals surface area (Å²) in [5.74, 6) is 0. The van der Waals surface area contributed by atoms with Gasteiger partial charge in [-0.15, -0.1) is 0 Å². The maximum absolute atomic E-state index is 8.77. The van der Waals surface area contributed by atoms with Gasteiger partial charge in [-0.05, 0) is 0 Å². The molecule has 0 aromatic heterocycles. The van der Waals surface area contributed by atoms with Crippen molar-refractivity contribution in [1.82, 2.24) is 0 Å². The van der Waals surface area contributed by atoms with E-state index < -0.39 is 23.5 Å². The van der Waals surface area contributed by atoms with Crippen LogP contribution in [0.4, 0.5) is 0 Å². The van der Waals surface area contributed by atoms with E-state index >= 15 is 0 Å². The molecule has 110 valence electrons. The Morgan fingerprint density at radius 3 is 0.588 bits per heavy atom. The van der Waals surface area contributed by atoms with E-state index in [1.165, 1.54) is 0 Å². The molecule has 17 heavy (non-hydrogen) atoms. The average molecular weight is 403 g/mol. The van der Waals surface area contributed by atoms with Crippen LogP contribution >= 0.6 is 23.5 Å². The molecular weight excluding hydrogens is 397 g/mol. The molecule has 0 amide bonds. The fourth-order valence-corrected chi connectivity index (χ4v) is 0. The van der Waals surface area contributed by atoms with Gasteiger partial charge in [-0.1, -0.05) is 0 Å². The van der Waals surface area contributed by atoms with Crippen LogP contribution in [0.3, 0.4) is 0 Å². The fourth-order valence-electron chi connectivity index (χ4n) is 0. The average Bonchev–Trinajstić information content (AvgIpc) is 1.41. The first-order chi connectivity index (χ1) is 6.00. The standard InChI is InChI=1S/Mo.3H3O4P.O/c;3*1-5(2,3)4;/h;3*(H3,1,2,3,4);/q;;;;-2/p-3. The number of hydrogen-bond donors (Lipinski definition) is 6. The second-order valence-electron chi connectivity index (χ2n) is 1.47. The minimum absolute atomic E-state index is 0. The summed E-state index contributed by atoms with van der Waals surface area (Å²) in [6.07, 6.45) is 0. The molecule has 0 aromatic rings. The van der Waals surface area contributed by atoms with Crippen molar-refractivity contribution in [3.63, 3.8) is 0 Å². The molecule has 0 saturated carbocycles. The summed E-state index contributed by atoms with van der Waals surface area (Å²) in [6, 6.07) is 0. The maximum Gasteiger partial charge on any atom is 0.262 e. The Bertz CT molecular complexity index is 203. The normalized spacial score (nSPS) is 10.4. The minimum atomic E-state index is -4.89. The van der Waals surface area contributed by atoms with E-state index in [9.17, 15) is 0 Å². The second-order valence-corrected chi connectivity index (χ2v) is 4.42. The summed E-state index contributed by atoms with van der Waals surface area (Å²) >= 11 is 0. The maximum atomic E-state index is 8.77. The third-order valence-electron chi connectivity index (χ3n) is 0. The first-order valence-corrected chi connectivity index (χ1v) is 6.89. The van der Waals surface area contributed by atoms with E-state index in [0.717, 1.165) is 0 Å². The van der Waals surface area contributed by atoms with Crippen LogP contribution in [0.2, 0.25) is 0 Å². The van der Waals surface area contributed by atoms with Crippen molar-refractivity contribution in [2.45, 2.75) is 0 Å². The molecule has 0 atom stereocenters. The molecule has 0 spiro atoms. The molecule has 0 heterocycles. The Morgan fingerprint density at radius 1 is 0.588 bits per heavy atom. The summed E-state index contributed by atoms with van der Waals surface area (Å²) in [6.45, 7) is 0. The predicted octanol–water partition coefficient (Wildman–Crippen LogP) is -4.80. The zero-order valence-corrected chi connectivity index (χ0v) is 12.0. The van der Waals surface area contributed by atoms with Crippen molar-refractivity contribution in [1.29, 1.82) is 0 Å². The van der Waals surface area contributed by atoms with Crippen LogP contribution in [0.1, 0.15) is 0 Å². The fraction of sp³-hybridized carbons (Fsp3) is 0. The van der Waals surface area contributed by atoms with E-state index in [2.05, 4.69) is 0 Å². The molecule has 0 aliphatic rings. The summed E-state index contributed by atoms with van der Waals surface area (Å²) in [5.41, 5.74) is 0. The molecule has 17 heteroatoms. The van der Waals surface area contributed by atoms with Crippen molar-refractivity contribution in [3.8, 4) is 0 Å². The monoisotopic (exact) mass is 405 g/mol. The van der Waals surface area contributed by atoms with E-state index in [-0.39, 0.29) is 26.5 Å². The van der Waals surface area contributed by atoms with Gasteiger partial charge >= 0.3 is 0 Å². The van der Waals surface area contributed by atoms with E-state index in [1.54, 1.807) is 0 Å². The van der Waals surface area contributed by atoms with E-state index in [0.29, 0.717) is 0 Å². The topological polar surface area (TPSA) is 270 Å². The summed E-state index contributed by atoms with van der Waals surface area (Å²) in [5, 5.41) is 0. The van der Waals surface area contributed by atoms with Crippen LogP contribution < -0.4 is 14.7 Å². The van der Waals surface area contributed by atoms with E-state index in [1.807, 2.05) is 0 Å². The summed E-state index contributed by atoms with van der Waals surface area (Å²) in [7, 11) is -14.7. The largest absolute Gasteiger partial charge is 2.00 e. The molecule has 0 aliphatic heterocycles. The smallest absolute Gasteiger partial charge is 0.262 e. The van der Waals surface area contributed by atoms with Gasteiger partial charge in [0.05, 0.1) is 0 Å². The van der Waals surface area contributed by atoms with Gasteiger partial charge in [0.25, 0.3) is 23.5 Å². The van der Waals surface area contributed by atoms with Crippen molar-refractivity contribution >= 4 is 23.5 Å². The molecule has 13 nitrogen and oxygen atoms in total. The first kappa shape index (κ1) is 30.8. The van der Waals surface area contributed by atoms with Gasteiger partial charge in [0.2, 0.25) is 0 Å². The van der Waals surface area contributed by atoms with Gasteiger partial charge in [0, 0.05) is 21.1 Å². The molecular formula is H6MoO13P3-5. The molecule has 0 unspecified atom stereocenters. The quantitative estimate of drug-likeness (QED) is 0.164. The molecule has 0 fully saturated rings. The zero-order chi connectivity index (χ0) is 13.5. The van der Waals surface area contributed by atoms with Crippen LogP contribution in [0.5, 0.6) is 0 Å². The molecule has 6 N–H and O–H groups in total. The van der Waals surface area contributed by atoms with Crippen molar-refractivity contribution < 1.29 is 84.3 Å².